The molecule has 0 N–H and O–H groups in total. The van der Waals surface area contributed by atoms with E-state index in [1.54, 1.807) is 11.9 Å². The third-order valence-electron chi connectivity index (χ3n) is 3.67. The third kappa shape index (κ3) is 3.16. The normalized spacial score (nSPS) is 29.1. The van der Waals surface area contributed by atoms with Crippen LogP contribution in [-0.4, -0.2) is 55.3 Å². The van der Waals surface area contributed by atoms with Gasteiger partial charge in [-0.25, -0.2) is 8.42 Å². The van der Waals surface area contributed by atoms with E-state index in [-0.39, 0.29) is 29.4 Å². The summed E-state index contributed by atoms with van der Waals surface area (Å²) in [6.45, 7) is 0. The number of carbonyl (C=O) groups is 1. The van der Waals surface area contributed by atoms with Crippen LogP contribution in [0, 0.1) is 5.92 Å². The van der Waals surface area contributed by atoms with Crippen LogP contribution < -0.4 is 0 Å². The smallest absolute Gasteiger partial charge is 0.225 e. The van der Waals surface area contributed by atoms with Gasteiger partial charge < -0.3 is 4.90 Å². The monoisotopic (exact) mass is 277 g/mol. The molecule has 6 heteroatoms. The number of thioether (sulfide) groups is 1. The van der Waals surface area contributed by atoms with Gasteiger partial charge in [0.15, 0.2) is 9.84 Å². The highest BCUT2D eigenvalue weighted by atomic mass is 32.2. The molecule has 2 heterocycles. The Morgan fingerprint density at radius 2 is 1.88 bits per heavy atom. The summed E-state index contributed by atoms with van der Waals surface area (Å²) in [5, 5.41) is 0. The Labute approximate surface area is 107 Å². The van der Waals surface area contributed by atoms with Crippen LogP contribution in [0.25, 0.3) is 0 Å². The molecule has 1 atom stereocenters. The van der Waals surface area contributed by atoms with Crippen molar-refractivity contribution < 1.29 is 13.2 Å². The lowest BCUT2D eigenvalue weighted by Crippen LogP contribution is -2.42. The Bertz CT molecular complexity index is 388. The van der Waals surface area contributed by atoms with Crippen LogP contribution in [0.15, 0.2) is 0 Å². The lowest BCUT2D eigenvalue weighted by molar-refractivity contribution is -0.136. The van der Waals surface area contributed by atoms with Gasteiger partial charge in [-0.3, -0.25) is 4.79 Å². The molecular formula is C11H19NO3S2. The van der Waals surface area contributed by atoms with Crippen LogP contribution >= 0.6 is 11.8 Å². The molecule has 0 saturated carbocycles. The summed E-state index contributed by atoms with van der Waals surface area (Å²) in [7, 11) is -1.14. The van der Waals surface area contributed by atoms with Gasteiger partial charge in [-0.05, 0) is 30.8 Å². The Kier molecular flexibility index (Phi) is 4.02. The van der Waals surface area contributed by atoms with Crippen molar-refractivity contribution in [1.29, 1.82) is 0 Å². The van der Waals surface area contributed by atoms with E-state index < -0.39 is 9.84 Å². The lowest BCUT2D eigenvalue weighted by atomic mass is 10.0. The highest BCUT2D eigenvalue weighted by Crippen LogP contribution is 2.26. The Morgan fingerprint density at radius 1 is 1.24 bits per heavy atom. The topological polar surface area (TPSA) is 54.5 Å². The second-order valence-corrected chi connectivity index (χ2v) is 8.35. The largest absolute Gasteiger partial charge is 0.341 e. The number of sulfone groups is 1. The maximum absolute atomic E-state index is 12.2. The summed E-state index contributed by atoms with van der Waals surface area (Å²) < 4.78 is 22.8. The summed E-state index contributed by atoms with van der Waals surface area (Å²) in [6, 6.07) is -0.0953. The molecule has 2 saturated heterocycles. The summed E-state index contributed by atoms with van der Waals surface area (Å²) in [4.78, 5) is 13.9. The molecule has 4 nitrogen and oxygen atoms in total. The highest BCUT2D eigenvalue weighted by molar-refractivity contribution is 7.99. The van der Waals surface area contributed by atoms with Gasteiger partial charge in [-0.1, -0.05) is 0 Å². The number of hydrogen-bond donors (Lipinski definition) is 0. The molecule has 0 aromatic carbocycles. The minimum atomic E-state index is -2.90. The van der Waals surface area contributed by atoms with Gasteiger partial charge in [0.2, 0.25) is 5.91 Å². The first kappa shape index (κ1) is 13.2. The molecule has 2 rings (SSSR count). The van der Waals surface area contributed by atoms with Crippen LogP contribution in [0.5, 0.6) is 0 Å². The van der Waals surface area contributed by atoms with Crippen LogP contribution in [0.3, 0.4) is 0 Å². The average Bonchev–Trinajstić information content (AvgIpc) is 2.69. The summed E-state index contributed by atoms with van der Waals surface area (Å²) in [5.41, 5.74) is 0. The van der Waals surface area contributed by atoms with Gasteiger partial charge in [0.25, 0.3) is 0 Å². The number of hydrogen-bond acceptors (Lipinski definition) is 4. The fourth-order valence-electron chi connectivity index (χ4n) is 2.49. The minimum Gasteiger partial charge on any atom is -0.341 e. The van der Waals surface area contributed by atoms with Crippen LogP contribution in [-0.2, 0) is 14.6 Å². The maximum atomic E-state index is 12.2. The minimum absolute atomic E-state index is 0.0953. The SMILES string of the molecule is CN(C(=O)C1CCSCC1)C1CCS(=O)(=O)C1. The molecule has 2 aliphatic heterocycles. The van der Waals surface area contributed by atoms with E-state index in [9.17, 15) is 13.2 Å². The van der Waals surface area contributed by atoms with Crippen LogP contribution in [0.1, 0.15) is 19.3 Å². The zero-order valence-electron chi connectivity index (χ0n) is 10.1. The quantitative estimate of drug-likeness (QED) is 0.748. The summed E-state index contributed by atoms with van der Waals surface area (Å²) in [6.07, 6.45) is 2.48. The van der Waals surface area contributed by atoms with Crippen molar-refractivity contribution in [2.75, 3.05) is 30.1 Å². The van der Waals surface area contributed by atoms with Gasteiger partial charge in [0, 0.05) is 19.0 Å². The van der Waals surface area contributed by atoms with Crippen molar-refractivity contribution in [1.82, 2.24) is 4.90 Å². The highest BCUT2D eigenvalue weighted by Gasteiger charge is 2.35. The number of rotatable bonds is 2. The van der Waals surface area contributed by atoms with Crippen molar-refractivity contribution in [2.45, 2.75) is 25.3 Å². The van der Waals surface area contributed by atoms with Crippen molar-refractivity contribution in [2.24, 2.45) is 5.92 Å². The molecule has 0 aromatic rings. The molecule has 98 valence electrons. The van der Waals surface area contributed by atoms with E-state index >= 15 is 0 Å². The third-order valence-corrected chi connectivity index (χ3v) is 6.47. The van der Waals surface area contributed by atoms with Crippen molar-refractivity contribution in [3.05, 3.63) is 0 Å². The molecule has 0 spiro atoms. The fourth-order valence-corrected chi connectivity index (χ4v) is 5.37. The maximum Gasteiger partial charge on any atom is 0.225 e. The summed E-state index contributed by atoms with van der Waals surface area (Å²) in [5.74, 6) is 2.74. The van der Waals surface area contributed by atoms with E-state index in [0.717, 1.165) is 24.3 Å². The molecule has 1 amide bonds. The Hall–Kier alpha value is -0.230. The second kappa shape index (κ2) is 5.18. The van der Waals surface area contributed by atoms with E-state index in [1.165, 1.54) is 0 Å². The van der Waals surface area contributed by atoms with Gasteiger partial charge in [0.1, 0.15) is 0 Å². The predicted molar refractivity (Wildman–Crippen MR) is 69.9 cm³/mol. The molecule has 0 aliphatic carbocycles. The predicted octanol–water partition coefficient (Wildman–Crippen LogP) is 0.775. The summed E-state index contributed by atoms with van der Waals surface area (Å²) >= 11 is 1.89. The number of carbonyl (C=O) groups excluding carboxylic acids is 1. The average molecular weight is 277 g/mol. The van der Waals surface area contributed by atoms with E-state index in [0.29, 0.717) is 6.42 Å². The van der Waals surface area contributed by atoms with Gasteiger partial charge in [0.05, 0.1) is 11.5 Å². The molecule has 2 fully saturated rings. The number of nitrogens with zero attached hydrogens (tertiary/aromatic N) is 1. The standard InChI is InChI=1S/C11H19NO3S2/c1-12(10-4-7-17(14,15)8-10)11(13)9-2-5-16-6-3-9/h9-10H,2-8H2,1H3. The van der Waals surface area contributed by atoms with Crippen molar-refractivity contribution in [3.63, 3.8) is 0 Å². The van der Waals surface area contributed by atoms with Crippen molar-refractivity contribution in [3.8, 4) is 0 Å². The zero-order valence-corrected chi connectivity index (χ0v) is 11.7. The fraction of sp³-hybridized carbons (Fsp3) is 0.909. The molecular weight excluding hydrogens is 258 g/mol. The van der Waals surface area contributed by atoms with E-state index in [4.69, 9.17) is 0 Å². The van der Waals surface area contributed by atoms with Crippen LogP contribution in [0.2, 0.25) is 0 Å². The molecule has 1 unspecified atom stereocenters. The zero-order chi connectivity index (χ0) is 12.5. The van der Waals surface area contributed by atoms with E-state index in [1.807, 2.05) is 11.8 Å². The Balaban J connectivity index is 1.95. The second-order valence-electron chi connectivity index (χ2n) is 4.89. The molecule has 0 bridgehead atoms. The first-order valence-corrected chi connectivity index (χ1v) is 9.02. The Morgan fingerprint density at radius 3 is 2.41 bits per heavy atom. The van der Waals surface area contributed by atoms with Gasteiger partial charge in [-0.15, -0.1) is 0 Å². The molecule has 0 aromatic heterocycles. The van der Waals surface area contributed by atoms with Gasteiger partial charge in [-0.2, -0.15) is 11.8 Å². The molecule has 2 aliphatic rings. The molecule has 0 radical (unpaired) electrons. The van der Waals surface area contributed by atoms with E-state index in [2.05, 4.69) is 0 Å². The van der Waals surface area contributed by atoms with Crippen molar-refractivity contribution >= 4 is 27.5 Å². The first-order valence-electron chi connectivity index (χ1n) is 6.04. The van der Waals surface area contributed by atoms with Gasteiger partial charge >= 0.3 is 0 Å². The van der Waals surface area contributed by atoms with Crippen LogP contribution in [0.4, 0.5) is 0 Å². The lowest BCUT2D eigenvalue weighted by Gasteiger charge is -2.29. The number of amides is 1. The first-order chi connectivity index (χ1) is 7.99. The molecule has 17 heavy (non-hydrogen) atoms.